The van der Waals surface area contributed by atoms with Crippen molar-refractivity contribution in [2.45, 2.75) is 13.0 Å². The number of hydrogen-bond donors (Lipinski definition) is 2. The average molecular weight is 536 g/mol. The number of furan rings is 1. The number of halogens is 1. The molecule has 6 nitrogen and oxygen atoms in total. The molecule has 0 aliphatic carbocycles. The molecule has 0 radical (unpaired) electrons. The van der Waals surface area contributed by atoms with E-state index in [-0.39, 0.29) is 0 Å². The van der Waals surface area contributed by atoms with Crippen LogP contribution < -0.4 is 10.6 Å². The third-order valence-electron chi connectivity index (χ3n) is 6.64. The Hall–Kier alpha value is -4.15. The minimum atomic E-state index is 0.472. The normalized spacial score (nSPS) is 11.2. The number of anilines is 2. The molecule has 39 heavy (non-hydrogen) atoms. The minimum absolute atomic E-state index is 0.472. The Labute approximate surface area is 233 Å². The van der Waals surface area contributed by atoms with E-state index in [4.69, 9.17) is 16.0 Å². The van der Waals surface area contributed by atoms with Crippen molar-refractivity contribution in [2.75, 3.05) is 32.5 Å². The Morgan fingerprint density at radius 1 is 0.974 bits per heavy atom. The number of pyridine rings is 1. The lowest BCUT2D eigenvalue weighted by Crippen LogP contribution is -2.26. The number of fused-ring (bicyclic) bond motifs is 1. The van der Waals surface area contributed by atoms with Crippen molar-refractivity contribution in [3.8, 4) is 17.2 Å². The molecule has 0 atom stereocenters. The van der Waals surface area contributed by atoms with Crippen molar-refractivity contribution < 1.29 is 4.42 Å². The molecule has 0 saturated carbocycles. The van der Waals surface area contributed by atoms with Gasteiger partial charge in [0.05, 0.1) is 29.3 Å². The Balaban J connectivity index is 1.36. The van der Waals surface area contributed by atoms with Gasteiger partial charge >= 0.3 is 0 Å². The van der Waals surface area contributed by atoms with E-state index in [0.717, 1.165) is 58.5 Å². The van der Waals surface area contributed by atoms with Gasteiger partial charge in [0.2, 0.25) is 0 Å². The summed E-state index contributed by atoms with van der Waals surface area (Å²) in [6, 6.07) is 24.8. The molecule has 0 amide bonds. The molecule has 2 aromatic heterocycles. The van der Waals surface area contributed by atoms with Crippen LogP contribution in [0.1, 0.15) is 22.3 Å². The molecule has 0 saturated heterocycles. The van der Waals surface area contributed by atoms with Crippen molar-refractivity contribution >= 4 is 33.9 Å². The van der Waals surface area contributed by atoms with Gasteiger partial charge in [0, 0.05) is 48.3 Å². The van der Waals surface area contributed by atoms with Crippen LogP contribution in [0.4, 0.5) is 11.4 Å². The predicted octanol–water partition coefficient (Wildman–Crippen LogP) is 7.01. The monoisotopic (exact) mass is 535 g/mol. The van der Waals surface area contributed by atoms with Crippen molar-refractivity contribution in [2.24, 2.45) is 0 Å². The van der Waals surface area contributed by atoms with E-state index in [0.29, 0.717) is 22.7 Å². The van der Waals surface area contributed by atoms with Gasteiger partial charge in [-0.25, -0.2) is 0 Å². The predicted molar refractivity (Wildman–Crippen MR) is 158 cm³/mol. The zero-order valence-electron chi connectivity index (χ0n) is 22.0. The second-order valence-electron chi connectivity index (χ2n) is 9.81. The highest BCUT2D eigenvalue weighted by atomic mass is 35.5. The Bertz CT molecular complexity index is 1610. The molecule has 2 N–H and O–H groups in total. The summed E-state index contributed by atoms with van der Waals surface area (Å²) in [5.41, 5.74) is 8.31. The Kier molecular flexibility index (Phi) is 8.24. The summed E-state index contributed by atoms with van der Waals surface area (Å²) < 4.78 is 5.17. The molecule has 196 valence electrons. The summed E-state index contributed by atoms with van der Waals surface area (Å²) in [4.78, 5) is 6.75. The molecular formula is C32H30ClN5O. The fourth-order valence-electron chi connectivity index (χ4n) is 4.47. The molecule has 0 aliphatic heterocycles. The lowest BCUT2D eigenvalue weighted by molar-refractivity contribution is 0.400. The van der Waals surface area contributed by atoms with Crippen LogP contribution in [0.2, 0.25) is 5.02 Å². The lowest BCUT2D eigenvalue weighted by atomic mass is 10.0. The van der Waals surface area contributed by atoms with E-state index in [1.165, 1.54) is 5.56 Å². The molecule has 7 heteroatoms. The first kappa shape index (κ1) is 26.5. The highest BCUT2D eigenvalue weighted by Gasteiger charge is 2.12. The molecule has 5 aromatic rings. The maximum atomic E-state index is 9.79. The van der Waals surface area contributed by atoms with Gasteiger partial charge in [-0.3, -0.25) is 4.98 Å². The number of nitriles is 1. The van der Waals surface area contributed by atoms with Crippen molar-refractivity contribution in [1.82, 2.24) is 15.2 Å². The third-order valence-corrected chi connectivity index (χ3v) is 6.99. The fourth-order valence-corrected chi connectivity index (χ4v) is 4.72. The van der Waals surface area contributed by atoms with Gasteiger partial charge in [0.25, 0.3) is 0 Å². The van der Waals surface area contributed by atoms with Crippen LogP contribution in [0.5, 0.6) is 0 Å². The Morgan fingerprint density at radius 3 is 2.51 bits per heavy atom. The van der Waals surface area contributed by atoms with Crippen molar-refractivity contribution in [1.29, 1.82) is 5.26 Å². The fraction of sp³-hybridized carbons (Fsp3) is 0.188. The number of likely N-dealkylation sites (N-methyl/N-ethyl adjacent to an activating group) is 1. The molecule has 3 aromatic carbocycles. The summed E-state index contributed by atoms with van der Waals surface area (Å²) in [5, 5.41) is 18.2. The van der Waals surface area contributed by atoms with Gasteiger partial charge in [-0.05, 0) is 66.2 Å². The summed E-state index contributed by atoms with van der Waals surface area (Å²) >= 11 is 6.60. The van der Waals surface area contributed by atoms with Gasteiger partial charge in [-0.2, -0.15) is 5.26 Å². The van der Waals surface area contributed by atoms with Crippen molar-refractivity contribution in [3.63, 3.8) is 0 Å². The smallest absolute Gasteiger partial charge is 0.103 e. The number of nitrogens with zero attached hydrogens (tertiary/aromatic N) is 3. The van der Waals surface area contributed by atoms with Gasteiger partial charge in [-0.15, -0.1) is 0 Å². The second kappa shape index (κ2) is 12.1. The van der Waals surface area contributed by atoms with Gasteiger partial charge < -0.3 is 20.0 Å². The third kappa shape index (κ3) is 6.47. The highest BCUT2D eigenvalue weighted by molar-refractivity contribution is 6.31. The molecule has 0 spiro atoms. The van der Waals surface area contributed by atoms with Gasteiger partial charge in [0.1, 0.15) is 6.07 Å². The first-order valence-electron chi connectivity index (χ1n) is 12.8. The maximum Gasteiger partial charge on any atom is 0.103 e. The van der Waals surface area contributed by atoms with Crippen LogP contribution in [-0.2, 0) is 13.0 Å². The summed E-state index contributed by atoms with van der Waals surface area (Å²) in [6.45, 7) is 2.80. The van der Waals surface area contributed by atoms with E-state index < -0.39 is 0 Å². The second-order valence-corrected chi connectivity index (χ2v) is 10.2. The van der Waals surface area contributed by atoms with E-state index in [1.807, 2.05) is 30.3 Å². The number of rotatable bonds is 10. The lowest BCUT2D eigenvalue weighted by Gasteiger charge is -2.14. The van der Waals surface area contributed by atoms with Gasteiger partial charge in [-0.1, -0.05) is 54.1 Å². The number of aromatic nitrogens is 1. The number of hydrogen-bond acceptors (Lipinski definition) is 6. The van der Waals surface area contributed by atoms with Crippen LogP contribution in [0.3, 0.4) is 0 Å². The first-order chi connectivity index (χ1) is 19.0. The largest absolute Gasteiger partial charge is 0.472 e. The van der Waals surface area contributed by atoms with Crippen LogP contribution in [0, 0.1) is 11.3 Å². The number of nitrogens with one attached hydrogen (secondary N) is 2. The van der Waals surface area contributed by atoms with E-state index in [1.54, 1.807) is 18.7 Å². The maximum absolute atomic E-state index is 9.79. The molecule has 0 aliphatic rings. The molecule has 0 bridgehead atoms. The first-order valence-corrected chi connectivity index (χ1v) is 13.2. The average Bonchev–Trinajstić information content (AvgIpc) is 3.46. The van der Waals surface area contributed by atoms with Gasteiger partial charge in [0.15, 0.2) is 0 Å². The molecule has 0 fully saturated rings. The zero-order chi connectivity index (χ0) is 27.2. The van der Waals surface area contributed by atoms with E-state index in [2.05, 4.69) is 77.1 Å². The van der Waals surface area contributed by atoms with E-state index >= 15 is 0 Å². The quantitative estimate of drug-likeness (QED) is 0.187. The summed E-state index contributed by atoms with van der Waals surface area (Å²) in [5.74, 6) is 0. The number of benzene rings is 3. The van der Waals surface area contributed by atoms with E-state index in [9.17, 15) is 5.26 Å². The molecule has 5 rings (SSSR count). The SMILES string of the molecule is CN(C)CCNCc1ccc(-c2ccc3c(Nc4ccc(Cc5ccoc5)c(Cl)c4)c(C#N)cnc3c2)cc1. The van der Waals surface area contributed by atoms with Crippen LogP contribution in [-0.4, -0.2) is 37.1 Å². The summed E-state index contributed by atoms with van der Waals surface area (Å²) in [7, 11) is 4.15. The summed E-state index contributed by atoms with van der Waals surface area (Å²) in [6.07, 6.45) is 5.68. The van der Waals surface area contributed by atoms with Crippen molar-refractivity contribution in [3.05, 3.63) is 113 Å². The highest BCUT2D eigenvalue weighted by Crippen LogP contribution is 2.33. The topological polar surface area (TPSA) is 77.1 Å². The standard InChI is InChI=1S/C32H30ClN5O/c1-38(2)13-12-35-19-22-3-5-24(6-4-22)25-8-10-29-31(16-25)36-20-27(18-34)32(29)37-28-9-7-26(30(33)17-28)15-23-11-14-39-21-23/h3-11,14,16-17,20-21,35H,12-13,15,19H2,1-2H3,(H,36,37). The van der Waals surface area contributed by atoms with Crippen LogP contribution in [0.15, 0.2) is 89.9 Å². The Morgan fingerprint density at radius 2 is 1.79 bits per heavy atom. The minimum Gasteiger partial charge on any atom is -0.472 e. The van der Waals surface area contributed by atoms with Crippen LogP contribution in [0.25, 0.3) is 22.0 Å². The molecule has 2 heterocycles. The molecular weight excluding hydrogens is 506 g/mol. The van der Waals surface area contributed by atoms with Crippen LogP contribution >= 0.6 is 11.6 Å². The molecule has 0 unspecified atom stereocenters. The zero-order valence-corrected chi connectivity index (χ0v) is 22.8.